The van der Waals surface area contributed by atoms with Gasteiger partial charge in [-0.1, -0.05) is 41.5 Å². The number of benzene rings is 1. The highest BCUT2D eigenvalue weighted by Crippen LogP contribution is 2.40. The Balaban J connectivity index is 3.62. The molecule has 0 aliphatic heterocycles. The van der Waals surface area contributed by atoms with Crippen LogP contribution in [0.4, 0.5) is 5.69 Å². The molecule has 0 bridgehead atoms. The van der Waals surface area contributed by atoms with Crippen molar-refractivity contribution in [2.24, 2.45) is 0 Å². The first-order chi connectivity index (χ1) is 7.94. The average Bonchev–Trinajstić information content (AvgIpc) is 2.12. The molecular weight excluding hydrogens is 230 g/mol. The third-order valence-corrected chi connectivity index (χ3v) is 2.93. The number of phenols is 1. The monoisotopic (exact) mass is 251 g/mol. The first-order valence-electron chi connectivity index (χ1n) is 5.97. The summed E-state index contributed by atoms with van der Waals surface area (Å²) in [7, 11) is 0. The molecule has 0 saturated carbocycles. The highest BCUT2D eigenvalue weighted by molar-refractivity contribution is 5.54. The highest BCUT2D eigenvalue weighted by Gasteiger charge is 2.29. The Morgan fingerprint density at radius 1 is 1.00 bits per heavy atom. The standard InChI is InChI=1S/C14H21NO3/c1-13(2,3)9-7-10(14(4,5)6)12(16)8-11(9)15(17)18/h7-8,16H,1-6H3. The minimum absolute atomic E-state index is 0.0119. The summed E-state index contributed by atoms with van der Waals surface area (Å²) in [6.07, 6.45) is 0. The number of phenolic OH excluding ortho intramolecular Hbond substituents is 1. The van der Waals surface area contributed by atoms with Gasteiger partial charge >= 0.3 is 0 Å². The second kappa shape index (κ2) is 4.26. The molecule has 1 aromatic rings. The van der Waals surface area contributed by atoms with Crippen LogP contribution < -0.4 is 0 Å². The van der Waals surface area contributed by atoms with Crippen LogP contribution in [-0.2, 0) is 10.8 Å². The van der Waals surface area contributed by atoms with Crippen molar-refractivity contribution in [2.75, 3.05) is 0 Å². The van der Waals surface area contributed by atoms with Gasteiger partial charge in [-0.3, -0.25) is 10.1 Å². The molecule has 0 aromatic heterocycles. The van der Waals surface area contributed by atoms with Crippen LogP contribution >= 0.6 is 0 Å². The SMILES string of the molecule is CC(C)(C)c1cc(C(C)(C)C)c([N+](=O)[O-])cc1O. The molecule has 18 heavy (non-hydrogen) atoms. The Morgan fingerprint density at radius 2 is 1.44 bits per heavy atom. The van der Waals surface area contributed by atoms with E-state index in [9.17, 15) is 15.2 Å². The molecule has 1 aromatic carbocycles. The van der Waals surface area contributed by atoms with Gasteiger partial charge in [0.05, 0.1) is 11.0 Å². The second-order valence-electron chi connectivity index (χ2n) is 6.64. The molecule has 0 aliphatic rings. The molecule has 0 heterocycles. The van der Waals surface area contributed by atoms with Crippen LogP contribution in [0.5, 0.6) is 5.75 Å². The van der Waals surface area contributed by atoms with E-state index in [0.717, 1.165) is 5.56 Å². The maximum Gasteiger partial charge on any atom is 0.276 e. The van der Waals surface area contributed by atoms with Crippen molar-refractivity contribution in [3.63, 3.8) is 0 Å². The zero-order chi connectivity index (χ0) is 14.3. The van der Waals surface area contributed by atoms with Gasteiger partial charge in [0.15, 0.2) is 0 Å². The summed E-state index contributed by atoms with van der Waals surface area (Å²) < 4.78 is 0. The van der Waals surface area contributed by atoms with Crippen molar-refractivity contribution in [1.29, 1.82) is 0 Å². The van der Waals surface area contributed by atoms with E-state index in [2.05, 4.69) is 0 Å². The molecule has 0 spiro atoms. The van der Waals surface area contributed by atoms with E-state index in [0.29, 0.717) is 5.56 Å². The fraction of sp³-hybridized carbons (Fsp3) is 0.571. The Bertz CT molecular complexity index is 479. The molecule has 0 atom stereocenters. The summed E-state index contributed by atoms with van der Waals surface area (Å²) in [6, 6.07) is 3.02. The van der Waals surface area contributed by atoms with Crippen LogP contribution in [-0.4, -0.2) is 10.0 Å². The molecule has 0 radical (unpaired) electrons. The number of hydrogen-bond acceptors (Lipinski definition) is 3. The number of hydrogen-bond donors (Lipinski definition) is 1. The van der Waals surface area contributed by atoms with Gasteiger partial charge in [-0.25, -0.2) is 0 Å². The predicted molar refractivity (Wildman–Crippen MR) is 72.2 cm³/mol. The zero-order valence-electron chi connectivity index (χ0n) is 11.9. The zero-order valence-corrected chi connectivity index (χ0v) is 11.9. The molecule has 100 valence electrons. The normalized spacial score (nSPS) is 12.6. The maximum absolute atomic E-state index is 11.1. The van der Waals surface area contributed by atoms with Crippen LogP contribution in [0.15, 0.2) is 12.1 Å². The minimum Gasteiger partial charge on any atom is -0.507 e. The lowest BCUT2D eigenvalue weighted by Crippen LogP contribution is -2.18. The van der Waals surface area contributed by atoms with E-state index in [4.69, 9.17) is 0 Å². The smallest absolute Gasteiger partial charge is 0.276 e. The first kappa shape index (κ1) is 14.5. The van der Waals surface area contributed by atoms with Crippen molar-refractivity contribution in [3.8, 4) is 5.75 Å². The molecular formula is C14H21NO3. The maximum atomic E-state index is 11.1. The van der Waals surface area contributed by atoms with E-state index in [1.807, 2.05) is 41.5 Å². The van der Waals surface area contributed by atoms with Gasteiger partial charge in [-0.05, 0) is 16.9 Å². The average molecular weight is 251 g/mol. The third kappa shape index (κ3) is 2.81. The van der Waals surface area contributed by atoms with E-state index < -0.39 is 4.92 Å². The van der Waals surface area contributed by atoms with Crippen molar-refractivity contribution >= 4 is 5.69 Å². The summed E-state index contributed by atoms with van der Waals surface area (Å²) in [4.78, 5) is 10.6. The Morgan fingerprint density at radius 3 is 1.78 bits per heavy atom. The molecule has 0 saturated heterocycles. The van der Waals surface area contributed by atoms with Gasteiger partial charge in [0.1, 0.15) is 5.75 Å². The second-order valence-corrected chi connectivity index (χ2v) is 6.64. The van der Waals surface area contributed by atoms with E-state index in [1.165, 1.54) is 6.07 Å². The fourth-order valence-corrected chi connectivity index (χ4v) is 1.93. The third-order valence-electron chi connectivity index (χ3n) is 2.93. The van der Waals surface area contributed by atoms with Crippen molar-refractivity contribution in [2.45, 2.75) is 52.4 Å². The number of aromatic hydroxyl groups is 1. The summed E-state index contributed by atoms with van der Waals surface area (Å²) >= 11 is 0. The number of rotatable bonds is 1. The van der Waals surface area contributed by atoms with Crippen LogP contribution in [0.1, 0.15) is 52.7 Å². The number of nitro groups is 1. The number of nitrogens with zero attached hydrogens (tertiary/aromatic N) is 1. The van der Waals surface area contributed by atoms with E-state index in [-0.39, 0.29) is 22.3 Å². The molecule has 4 heteroatoms. The molecule has 0 unspecified atom stereocenters. The lowest BCUT2D eigenvalue weighted by atomic mass is 9.79. The molecule has 0 aliphatic carbocycles. The van der Waals surface area contributed by atoms with Gasteiger partial charge < -0.3 is 5.11 Å². The first-order valence-corrected chi connectivity index (χ1v) is 5.97. The van der Waals surface area contributed by atoms with Crippen molar-refractivity contribution in [3.05, 3.63) is 33.4 Å². The summed E-state index contributed by atoms with van der Waals surface area (Å²) in [5.74, 6) is -0.0119. The quantitative estimate of drug-likeness (QED) is 0.608. The Hall–Kier alpha value is -1.58. The summed E-state index contributed by atoms with van der Waals surface area (Å²) in [6.45, 7) is 11.7. The van der Waals surface area contributed by atoms with Crippen LogP contribution in [0.3, 0.4) is 0 Å². The topological polar surface area (TPSA) is 63.4 Å². The van der Waals surface area contributed by atoms with Gasteiger partial charge in [-0.15, -0.1) is 0 Å². The van der Waals surface area contributed by atoms with E-state index in [1.54, 1.807) is 6.07 Å². The molecule has 0 fully saturated rings. The lowest BCUT2D eigenvalue weighted by Gasteiger charge is -2.25. The van der Waals surface area contributed by atoms with Gasteiger partial charge in [0.25, 0.3) is 5.69 Å². The fourth-order valence-electron chi connectivity index (χ4n) is 1.93. The van der Waals surface area contributed by atoms with Crippen LogP contribution in [0, 0.1) is 10.1 Å². The lowest BCUT2D eigenvalue weighted by molar-refractivity contribution is -0.386. The summed E-state index contributed by atoms with van der Waals surface area (Å²) in [5.41, 5.74) is 0.774. The minimum atomic E-state index is -0.438. The number of nitro benzene ring substituents is 1. The largest absolute Gasteiger partial charge is 0.507 e. The van der Waals surface area contributed by atoms with Gasteiger partial charge in [-0.2, -0.15) is 0 Å². The Labute approximate surface area is 108 Å². The predicted octanol–water partition coefficient (Wildman–Crippen LogP) is 3.90. The summed E-state index contributed by atoms with van der Waals surface area (Å²) in [5, 5.41) is 21.0. The van der Waals surface area contributed by atoms with Crippen LogP contribution in [0.2, 0.25) is 0 Å². The van der Waals surface area contributed by atoms with Gasteiger partial charge in [0.2, 0.25) is 0 Å². The highest BCUT2D eigenvalue weighted by atomic mass is 16.6. The van der Waals surface area contributed by atoms with Crippen molar-refractivity contribution < 1.29 is 10.0 Å². The molecule has 0 amide bonds. The Kier molecular flexibility index (Phi) is 3.43. The van der Waals surface area contributed by atoms with Crippen LogP contribution in [0.25, 0.3) is 0 Å². The van der Waals surface area contributed by atoms with E-state index >= 15 is 0 Å². The molecule has 1 rings (SSSR count). The molecule has 1 N–H and O–H groups in total. The molecule has 4 nitrogen and oxygen atoms in total. The van der Waals surface area contributed by atoms with Crippen molar-refractivity contribution in [1.82, 2.24) is 0 Å². The van der Waals surface area contributed by atoms with Gasteiger partial charge in [0, 0.05) is 11.1 Å².